The lowest BCUT2D eigenvalue weighted by molar-refractivity contribution is 0.0155. The van der Waals surface area contributed by atoms with Gasteiger partial charge in [-0.25, -0.2) is 19.0 Å². The fourth-order valence-corrected chi connectivity index (χ4v) is 4.85. The number of hydrogen-bond donors (Lipinski definition) is 1. The summed E-state index contributed by atoms with van der Waals surface area (Å²) in [6.07, 6.45) is 1.18. The van der Waals surface area contributed by atoms with E-state index in [0.29, 0.717) is 49.0 Å². The van der Waals surface area contributed by atoms with E-state index < -0.39 is 17.4 Å². The van der Waals surface area contributed by atoms with Gasteiger partial charge in [-0.05, 0) is 45.0 Å². The van der Waals surface area contributed by atoms with Crippen LogP contribution in [0.15, 0.2) is 35.1 Å². The number of esters is 1. The molecule has 1 aliphatic rings. The van der Waals surface area contributed by atoms with E-state index in [-0.39, 0.29) is 29.4 Å². The third-order valence-corrected chi connectivity index (χ3v) is 6.96. The Labute approximate surface area is 245 Å². The zero-order valence-electron chi connectivity index (χ0n) is 22.7. The van der Waals surface area contributed by atoms with Crippen LogP contribution in [0.2, 0.25) is 5.02 Å². The molecule has 0 radical (unpaired) electrons. The van der Waals surface area contributed by atoms with E-state index in [1.54, 1.807) is 27.7 Å². The van der Waals surface area contributed by atoms with Crippen molar-refractivity contribution >= 4 is 62.0 Å². The molecule has 1 aromatic heterocycles. The standard InChI is InChI=1S/C28H30BrClFN5O4/c1-28(2,3)40-27(38)35-13-11-34(12-14-35)9-5-6-10-36-17-32-25-22(36)16-19(26(37)39-4)24(23(25)31)33-21-8-7-18(29)15-20(21)30/h7-8,15-17,33H,9-14H2,1-4H3. The maximum Gasteiger partial charge on any atom is 0.410 e. The first-order valence-corrected chi connectivity index (χ1v) is 13.8. The van der Waals surface area contributed by atoms with Gasteiger partial charge in [-0.1, -0.05) is 39.4 Å². The van der Waals surface area contributed by atoms with Crippen LogP contribution in [0.4, 0.5) is 20.6 Å². The maximum atomic E-state index is 15.7. The monoisotopic (exact) mass is 633 g/mol. The SMILES string of the molecule is COC(=O)c1cc2c(ncn2CC#CCN2CCN(C(=O)OC(C)(C)C)CC2)c(F)c1Nc1ccc(Br)cc1Cl. The number of aromatic nitrogens is 2. The molecule has 3 aromatic rings. The van der Waals surface area contributed by atoms with Crippen LogP contribution < -0.4 is 5.32 Å². The summed E-state index contributed by atoms with van der Waals surface area (Å²) in [5.74, 6) is 4.82. The molecule has 0 aliphatic carbocycles. The second kappa shape index (κ2) is 12.5. The van der Waals surface area contributed by atoms with Gasteiger partial charge in [-0.2, -0.15) is 0 Å². The molecule has 0 saturated carbocycles. The van der Waals surface area contributed by atoms with E-state index in [2.05, 4.69) is 43.0 Å². The van der Waals surface area contributed by atoms with Crippen molar-refractivity contribution in [3.63, 3.8) is 0 Å². The molecule has 2 aromatic carbocycles. The Morgan fingerprint density at radius 1 is 1.15 bits per heavy atom. The van der Waals surface area contributed by atoms with Crippen LogP contribution in [0.25, 0.3) is 11.0 Å². The number of ether oxygens (including phenoxy) is 2. The number of halogens is 3. The van der Waals surface area contributed by atoms with Crippen LogP contribution in [0, 0.1) is 17.7 Å². The number of amides is 1. The fraction of sp³-hybridized carbons (Fsp3) is 0.393. The summed E-state index contributed by atoms with van der Waals surface area (Å²) in [7, 11) is 1.23. The molecule has 1 saturated heterocycles. The van der Waals surface area contributed by atoms with E-state index >= 15 is 4.39 Å². The van der Waals surface area contributed by atoms with Gasteiger partial charge >= 0.3 is 12.1 Å². The lowest BCUT2D eigenvalue weighted by Crippen LogP contribution is -2.50. The van der Waals surface area contributed by atoms with Crippen molar-refractivity contribution in [1.82, 2.24) is 19.4 Å². The molecular weight excluding hydrogens is 605 g/mol. The first-order valence-electron chi connectivity index (χ1n) is 12.6. The highest BCUT2D eigenvalue weighted by Gasteiger charge is 2.26. The highest BCUT2D eigenvalue weighted by atomic mass is 79.9. The number of nitrogens with one attached hydrogen (secondary N) is 1. The highest BCUT2D eigenvalue weighted by molar-refractivity contribution is 9.10. The van der Waals surface area contributed by atoms with Crippen molar-refractivity contribution in [3.8, 4) is 11.8 Å². The van der Waals surface area contributed by atoms with E-state index in [1.165, 1.54) is 19.5 Å². The Kier molecular flexibility index (Phi) is 9.23. The van der Waals surface area contributed by atoms with Crippen LogP contribution in [-0.2, 0) is 16.0 Å². The van der Waals surface area contributed by atoms with Gasteiger partial charge in [0, 0.05) is 30.7 Å². The van der Waals surface area contributed by atoms with Crippen molar-refractivity contribution in [3.05, 3.63) is 51.5 Å². The summed E-state index contributed by atoms with van der Waals surface area (Å²) in [4.78, 5) is 32.9. The average molecular weight is 635 g/mol. The van der Waals surface area contributed by atoms with Gasteiger partial charge in [-0.3, -0.25) is 4.90 Å². The number of hydrogen-bond acceptors (Lipinski definition) is 7. The highest BCUT2D eigenvalue weighted by Crippen LogP contribution is 2.34. The smallest absolute Gasteiger partial charge is 0.410 e. The Balaban J connectivity index is 1.46. The molecular formula is C28H30BrClFN5O4. The molecule has 40 heavy (non-hydrogen) atoms. The van der Waals surface area contributed by atoms with Crippen molar-refractivity contribution < 1.29 is 23.5 Å². The number of nitrogens with zero attached hydrogens (tertiary/aromatic N) is 4. The second-order valence-electron chi connectivity index (χ2n) is 10.2. The maximum absolute atomic E-state index is 15.7. The number of carbonyl (C=O) groups excluding carboxylic acids is 2. The van der Waals surface area contributed by atoms with E-state index in [0.717, 1.165) is 4.47 Å². The Hall–Kier alpha value is -3.33. The molecule has 1 amide bonds. The van der Waals surface area contributed by atoms with Crippen molar-refractivity contribution in [2.45, 2.75) is 32.9 Å². The number of piperazine rings is 1. The molecule has 2 heterocycles. The van der Waals surface area contributed by atoms with Crippen LogP contribution in [0.1, 0.15) is 31.1 Å². The summed E-state index contributed by atoms with van der Waals surface area (Å²) < 4.78 is 28.5. The molecule has 4 rings (SSSR count). The Morgan fingerprint density at radius 2 is 1.85 bits per heavy atom. The Morgan fingerprint density at radius 3 is 2.50 bits per heavy atom. The number of benzene rings is 2. The molecule has 1 aliphatic heterocycles. The van der Waals surface area contributed by atoms with Crippen molar-refractivity contribution in [2.75, 3.05) is 45.2 Å². The van der Waals surface area contributed by atoms with Crippen LogP contribution >= 0.6 is 27.5 Å². The predicted molar refractivity (Wildman–Crippen MR) is 155 cm³/mol. The summed E-state index contributed by atoms with van der Waals surface area (Å²) in [6.45, 7) is 8.84. The fourth-order valence-electron chi connectivity index (χ4n) is 4.13. The van der Waals surface area contributed by atoms with Crippen molar-refractivity contribution in [2.24, 2.45) is 0 Å². The molecule has 1 fully saturated rings. The summed E-state index contributed by atoms with van der Waals surface area (Å²) >= 11 is 9.64. The molecule has 9 nitrogen and oxygen atoms in total. The number of anilines is 2. The second-order valence-corrected chi connectivity index (χ2v) is 11.5. The zero-order chi connectivity index (χ0) is 29.0. The van der Waals surface area contributed by atoms with Gasteiger partial charge < -0.3 is 24.3 Å². The minimum absolute atomic E-state index is 0.00375. The van der Waals surface area contributed by atoms with Gasteiger partial charge in [0.2, 0.25) is 0 Å². The Bertz CT molecular complexity index is 1490. The predicted octanol–water partition coefficient (Wildman–Crippen LogP) is 5.68. The van der Waals surface area contributed by atoms with Gasteiger partial charge in [0.15, 0.2) is 5.82 Å². The van der Waals surface area contributed by atoms with Crippen LogP contribution in [0.3, 0.4) is 0 Å². The first kappa shape index (κ1) is 29.6. The molecule has 212 valence electrons. The van der Waals surface area contributed by atoms with Crippen molar-refractivity contribution in [1.29, 1.82) is 0 Å². The third kappa shape index (κ3) is 7.05. The summed E-state index contributed by atoms with van der Waals surface area (Å²) in [5.41, 5.74) is 0.317. The summed E-state index contributed by atoms with van der Waals surface area (Å²) in [6, 6.07) is 6.61. The zero-order valence-corrected chi connectivity index (χ0v) is 25.0. The largest absolute Gasteiger partial charge is 0.465 e. The molecule has 12 heteroatoms. The van der Waals surface area contributed by atoms with Gasteiger partial charge in [0.05, 0.1) is 54.0 Å². The molecule has 0 atom stereocenters. The number of methoxy groups -OCH3 is 1. The minimum Gasteiger partial charge on any atom is -0.465 e. The number of fused-ring (bicyclic) bond motifs is 1. The van der Waals surface area contributed by atoms with E-state index in [4.69, 9.17) is 21.1 Å². The number of rotatable bonds is 5. The quantitative estimate of drug-likeness (QED) is 0.286. The van der Waals surface area contributed by atoms with Gasteiger partial charge in [0.25, 0.3) is 0 Å². The minimum atomic E-state index is -0.708. The van der Waals surface area contributed by atoms with Gasteiger partial charge in [0.1, 0.15) is 11.1 Å². The first-order chi connectivity index (χ1) is 19.0. The van der Waals surface area contributed by atoms with Crippen LogP contribution in [0.5, 0.6) is 0 Å². The van der Waals surface area contributed by atoms with Gasteiger partial charge in [-0.15, -0.1) is 0 Å². The topological polar surface area (TPSA) is 88.9 Å². The molecule has 1 N–H and O–H groups in total. The lowest BCUT2D eigenvalue weighted by Gasteiger charge is -2.34. The summed E-state index contributed by atoms with van der Waals surface area (Å²) in [5, 5.41) is 3.26. The third-order valence-electron chi connectivity index (χ3n) is 6.15. The van der Waals surface area contributed by atoms with Crippen LogP contribution in [-0.4, -0.2) is 76.8 Å². The normalized spacial score (nSPS) is 14.0. The lowest BCUT2D eigenvalue weighted by atomic mass is 10.1. The van der Waals surface area contributed by atoms with E-state index in [9.17, 15) is 9.59 Å². The molecule has 0 unspecified atom stereocenters. The van der Waals surface area contributed by atoms with E-state index in [1.807, 2.05) is 20.8 Å². The number of imidazole rings is 1. The number of carbonyl (C=O) groups is 2. The average Bonchev–Trinajstić information content (AvgIpc) is 3.31. The molecule has 0 spiro atoms. The molecule has 0 bridgehead atoms.